The molecule has 0 aliphatic carbocycles. The van der Waals surface area contributed by atoms with Gasteiger partial charge in [0.25, 0.3) is 0 Å². The molecule has 1 unspecified atom stereocenters. The van der Waals surface area contributed by atoms with Crippen molar-refractivity contribution in [3.8, 4) is 0 Å². The Bertz CT molecular complexity index is 507. The van der Waals surface area contributed by atoms with Crippen LogP contribution in [0, 0.1) is 17.0 Å². The molecule has 1 aromatic carbocycles. The summed E-state index contributed by atoms with van der Waals surface area (Å²) in [6, 6.07) is 0.529. The Hall–Kier alpha value is -2.18. The molecule has 0 aliphatic rings. The van der Waals surface area contributed by atoms with Crippen LogP contribution in [0.5, 0.6) is 0 Å². The summed E-state index contributed by atoms with van der Waals surface area (Å²) in [6.45, 7) is 4.94. The van der Waals surface area contributed by atoms with E-state index in [-0.39, 0.29) is 5.69 Å². The summed E-state index contributed by atoms with van der Waals surface area (Å²) in [6.07, 6.45) is 0. The predicted octanol–water partition coefficient (Wildman–Crippen LogP) is 2.59. The first kappa shape index (κ1) is 15.9. The molecule has 1 atom stereocenters. The van der Waals surface area contributed by atoms with Gasteiger partial charge in [0.1, 0.15) is 17.7 Å². The lowest BCUT2D eigenvalue weighted by atomic mass is 9.87. The molecule has 0 spiro atoms. The highest BCUT2D eigenvalue weighted by atomic mass is 19.1. The summed E-state index contributed by atoms with van der Waals surface area (Å²) in [5.74, 6) is -2.88. The van der Waals surface area contributed by atoms with Crippen molar-refractivity contribution in [2.75, 3.05) is 5.32 Å². The van der Waals surface area contributed by atoms with Gasteiger partial charge in [-0.1, -0.05) is 20.8 Å². The van der Waals surface area contributed by atoms with Crippen LogP contribution in [-0.2, 0) is 4.79 Å². The van der Waals surface area contributed by atoms with E-state index in [9.17, 15) is 18.4 Å². The lowest BCUT2D eigenvalue weighted by Crippen LogP contribution is -2.50. The van der Waals surface area contributed by atoms with E-state index in [1.807, 2.05) is 0 Å². The maximum absolute atomic E-state index is 13.0. The van der Waals surface area contributed by atoms with Gasteiger partial charge in [-0.2, -0.15) is 0 Å². The minimum Gasteiger partial charge on any atom is -0.480 e. The highest BCUT2D eigenvalue weighted by molar-refractivity contribution is 5.92. The number of benzene rings is 1. The van der Waals surface area contributed by atoms with Crippen molar-refractivity contribution in [3.63, 3.8) is 0 Å². The van der Waals surface area contributed by atoms with Crippen molar-refractivity contribution < 1.29 is 23.5 Å². The molecule has 5 nitrogen and oxygen atoms in total. The van der Waals surface area contributed by atoms with E-state index in [4.69, 9.17) is 5.11 Å². The average molecular weight is 286 g/mol. The number of anilines is 1. The summed E-state index contributed by atoms with van der Waals surface area (Å²) >= 11 is 0. The molecule has 2 amide bonds. The third kappa shape index (κ3) is 4.49. The first-order valence-corrected chi connectivity index (χ1v) is 5.86. The largest absolute Gasteiger partial charge is 0.480 e. The number of carbonyl (C=O) groups is 2. The first-order valence-electron chi connectivity index (χ1n) is 5.86. The second kappa shape index (κ2) is 5.85. The quantitative estimate of drug-likeness (QED) is 0.799. The fourth-order valence-corrected chi connectivity index (χ4v) is 1.57. The van der Waals surface area contributed by atoms with E-state index in [2.05, 4.69) is 10.6 Å². The summed E-state index contributed by atoms with van der Waals surface area (Å²) in [5, 5.41) is 13.5. The van der Waals surface area contributed by atoms with E-state index >= 15 is 0 Å². The number of halogens is 2. The highest BCUT2D eigenvalue weighted by Crippen LogP contribution is 2.20. The summed E-state index contributed by atoms with van der Waals surface area (Å²) in [7, 11) is 0. The van der Waals surface area contributed by atoms with Gasteiger partial charge in [0.15, 0.2) is 0 Å². The zero-order chi connectivity index (χ0) is 15.5. The van der Waals surface area contributed by atoms with Gasteiger partial charge in [0.05, 0.1) is 0 Å². The molecule has 0 radical (unpaired) electrons. The number of amides is 2. The fraction of sp³-hybridized carbons (Fsp3) is 0.385. The summed E-state index contributed by atoms with van der Waals surface area (Å²) in [5.41, 5.74) is -0.811. The molecule has 0 saturated carbocycles. The van der Waals surface area contributed by atoms with Gasteiger partial charge in [-0.05, 0) is 17.5 Å². The van der Waals surface area contributed by atoms with Gasteiger partial charge in [-0.15, -0.1) is 0 Å². The van der Waals surface area contributed by atoms with Gasteiger partial charge in [-0.3, -0.25) is 0 Å². The second-order valence-corrected chi connectivity index (χ2v) is 5.39. The van der Waals surface area contributed by atoms with Gasteiger partial charge in [0.2, 0.25) is 0 Å². The molecule has 0 saturated heterocycles. The van der Waals surface area contributed by atoms with Gasteiger partial charge >= 0.3 is 12.0 Å². The minimum absolute atomic E-state index is 0.0990. The van der Waals surface area contributed by atoms with Crippen molar-refractivity contribution >= 4 is 17.7 Å². The monoisotopic (exact) mass is 286 g/mol. The lowest BCUT2D eigenvalue weighted by molar-refractivity contribution is -0.141. The summed E-state index contributed by atoms with van der Waals surface area (Å²) < 4.78 is 25.9. The molecule has 3 N–H and O–H groups in total. The average Bonchev–Trinajstić information content (AvgIpc) is 2.22. The first-order chi connectivity index (χ1) is 9.09. The van der Waals surface area contributed by atoms with Crippen LogP contribution in [0.1, 0.15) is 20.8 Å². The van der Waals surface area contributed by atoms with E-state index < -0.39 is 35.1 Å². The Labute approximate surface area is 115 Å². The number of carboxylic acid groups (broad SMARTS) is 1. The maximum atomic E-state index is 13.0. The van der Waals surface area contributed by atoms with Crippen LogP contribution in [0.2, 0.25) is 0 Å². The zero-order valence-electron chi connectivity index (χ0n) is 11.3. The van der Waals surface area contributed by atoms with E-state index in [1.165, 1.54) is 0 Å². The molecule has 7 heteroatoms. The highest BCUT2D eigenvalue weighted by Gasteiger charge is 2.32. The zero-order valence-corrected chi connectivity index (χ0v) is 11.3. The van der Waals surface area contributed by atoms with Crippen LogP contribution in [0.25, 0.3) is 0 Å². The predicted molar refractivity (Wildman–Crippen MR) is 69.4 cm³/mol. The van der Waals surface area contributed by atoms with Gasteiger partial charge in [0, 0.05) is 11.8 Å². The van der Waals surface area contributed by atoms with Crippen molar-refractivity contribution in [2.45, 2.75) is 26.8 Å². The molecule has 0 heterocycles. The normalized spacial score (nSPS) is 12.7. The molecule has 0 fully saturated rings. The maximum Gasteiger partial charge on any atom is 0.326 e. The van der Waals surface area contributed by atoms with E-state index in [1.54, 1.807) is 20.8 Å². The van der Waals surface area contributed by atoms with Crippen LogP contribution in [0.15, 0.2) is 18.2 Å². The summed E-state index contributed by atoms with van der Waals surface area (Å²) in [4.78, 5) is 22.7. The molecule has 20 heavy (non-hydrogen) atoms. The number of rotatable bonds is 3. The van der Waals surface area contributed by atoms with E-state index in [0.29, 0.717) is 6.07 Å². The van der Waals surface area contributed by atoms with Crippen molar-refractivity contribution in [2.24, 2.45) is 5.41 Å². The Morgan fingerprint density at radius 1 is 1.15 bits per heavy atom. The molecular formula is C13H16F2N2O3. The minimum atomic E-state index is -1.20. The standard InChI is InChI=1S/C13H16F2N2O3/c1-13(2,3)10(11(18)19)17-12(20)16-9-5-7(14)4-8(15)6-9/h4-6,10H,1-3H3,(H,18,19)(H2,16,17,20). The molecule has 0 bridgehead atoms. The van der Waals surface area contributed by atoms with E-state index in [0.717, 1.165) is 12.1 Å². The van der Waals surface area contributed by atoms with Crippen molar-refractivity contribution in [3.05, 3.63) is 29.8 Å². The SMILES string of the molecule is CC(C)(C)C(NC(=O)Nc1cc(F)cc(F)c1)C(=O)O. The number of aliphatic carboxylic acids is 1. The molecule has 110 valence electrons. The Kier molecular flexibility index (Phi) is 4.65. The molecule has 1 rings (SSSR count). The van der Waals surface area contributed by atoms with Crippen LogP contribution in [0.4, 0.5) is 19.3 Å². The fourth-order valence-electron chi connectivity index (χ4n) is 1.57. The van der Waals surface area contributed by atoms with Crippen molar-refractivity contribution in [1.29, 1.82) is 0 Å². The lowest BCUT2D eigenvalue weighted by Gasteiger charge is -2.27. The van der Waals surface area contributed by atoms with Gasteiger partial charge < -0.3 is 15.7 Å². The Morgan fingerprint density at radius 2 is 1.65 bits per heavy atom. The molecule has 1 aromatic rings. The van der Waals surface area contributed by atoms with Crippen molar-refractivity contribution in [1.82, 2.24) is 5.32 Å². The number of nitrogens with one attached hydrogen (secondary N) is 2. The molecular weight excluding hydrogens is 270 g/mol. The van der Waals surface area contributed by atoms with Crippen LogP contribution in [0.3, 0.4) is 0 Å². The molecule has 0 aromatic heterocycles. The molecule has 0 aliphatic heterocycles. The van der Waals surface area contributed by atoms with Crippen LogP contribution >= 0.6 is 0 Å². The van der Waals surface area contributed by atoms with Crippen LogP contribution in [-0.4, -0.2) is 23.1 Å². The second-order valence-electron chi connectivity index (χ2n) is 5.39. The topological polar surface area (TPSA) is 78.4 Å². The Morgan fingerprint density at radius 3 is 2.05 bits per heavy atom. The number of hydrogen-bond donors (Lipinski definition) is 3. The Balaban J connectivity index is 2.78. The third-order valence-electron chi connectivity index (χ3n) is 2.51. The van der Waals surface area contributed by atoms with Crippen LogP contribution < -0.4 is 10.6 Å². The number of carboxylic acids is 1. The number of urea groups is 1. The number of hydrogen-bond acceptors (Lipinski definition) is 2. The number of carbonyl (C=O) groups excluding carboxylic acids is 1. The smallest absolute Gasteiger partial charge is 0.326 e. The van der Waals surface area contributed by atoms with Gasteiger partial charge in [-0.25, -0.2) is 18.4 Å². The third-order valence-corrected chi connectivity index (χ3v) is 2.51.